The van der Waals surface area contributed by atoms with Gasteiger partial charge in [-0.2, -0.15) is 0 Å². The van der Waals surface area contributed by atoms with Crippen LogP contribution in [0.3, 0.4) is 0 Å². The molecule has 0 aliphatic rings. The van der Waals surface area contributed by atoms with Crippen LogP contribution in [0.2, 0.25) is 0 Å². The Morgan fingerprint density at radius 3 is 2.45 bits per heavy atom. The largest absolute Gasteiger partial charge is 0.325 e. The predicted molar refractivity (Wildman–Crippen MR) is 89.2 cm³/mol. The van der Waals surface area contributed by atoms with E-state index in [-0.39, 0.29) is 5.91 Å². The van der Waals surface area contributed by atoms with Crippen molar-refractivity contribution in [2.45, 2.75) is 46.1 Å². The number of hydrogen-bond donors (Lipinski definition) is 2. The SMILES string of the molecule is CCCC(C)(N)C(=O)Nc1ccc(-n2cnc(C)c2C)cc1. The van der Waals surface area contributed by atoms with Crippen LogP contribution in [0.25, 0.3) is 5.69 Å². The summed E-state index contributed by atoms with van der Waals surface area (Å²) < 4.78 is 2.02. The molecular formula is C17H24N4O. The zero-order chi connectivity index (χ0) is 16.3. The Morgan fingerprint density at radius 2 is 1.95 bits per heavy atom. The van der Waals surface area contributed by atoms with Crippen molar-refractivity contribution in [3.8, 4) is 5.69 Å². The molecule has 22 heavy (non-hydrogen) atoms. The minimum Gasteiger partial charge on any atom is -0.325 e. The second-order valence-corrected chi connectivity index (χ2v) is 5.95. The number of amides is 1. The van der Waals surface area contributed by atoms with E-state index in [4.69, 9.17) is 5.73 Å². The Kier molecular flexibility index (Phi) is 4.66. The predicted octanol–water partition coefficient (Wildman–Crippen LogP) is 2.95. The highest BCUT2D eigenvalue weighted by Crippen LogP contribution is 2.18. The van der Waals surface area contributed by atoms with Crippen LogP contribution in [0, 0.1) is 13.8 Å². The second kappa shape index (κ2) is 6.32. The van der Waals surface area contributed by atoms with Gasteiger partial charge in [0.05, 0.1) is 17.6 Å². The number of imidazole rings is 1. The minimum absolute atomic E-state index is 0.156. The summed E-state index contributed by atoms with van der Waals surface area (Å²) in [6.07, 6.45) is 3.33. The number of nitrogens with zero attached hydrogens (tertiary/aromatic N) is 2. The molecule has 1 aromatic heterocycles. The van der Waals surface area contributed by atoms with E-state index in [0.29, 0.717) is 6.42 Å². The van der Waals surface area contributed by atoms with Gasteiger partial charge in [0, 0.05) is 17.1 Å². The normalized spacial score (nSPS) is 13.7. The number of nitrogens with two attached hydrogens (primary N) is 1. The van der Waals surface area contributed by atoms with Crippen molar-refractivity contribution < 1.29 is 4.79 Å². The molecule has 1 amide bonds. The number of benzene rings is 1. The maximum absolute atomic E-state index is 12.2. The molecule has 1 heterocycles. The van der Waals surface area contributed by atoms with Crippen molar-refractivity contribution in [2.24, 2.45) is 5.73 Å². The quantitative estimate of drug-likeness (QED) is 0.891. The van der Waals surface area contributed by atoms with Gasteiger partial charge in [-0.05, 0) is 51.5 Å². The van der Waals surface area contributed by atoms with E-state index < -0.39 is 5.54 Å². The van der Waals surface area contributed by atoms with Crippen LogP contribution in [0.4, 0.5) is 5.69 Å². The molecule has 0 bridgehead atoms. The highest BCUT2D eigenvalue weighted by atomic mass is 16.2. The first-order chi connectivity index (χ1) is 10.3. The number of carbonyl (C=O) groups is 1. The lowest BCUT2D eigenvalue weighted by Gasteiger charge is -2.22. The Bertz CT molecular complexity index is 656. The lowest BCUT2D eigenvalue weighted by atomic mass is 9.96. The van der Waals surface area contributed by atoms with Crippen LogP contribution in [0.15, 0.2) is 30.6 Å². The van der Waals surface area contributed by atoms with Crippen molar-refractivity contribution in [3.63, 3.8) is 0 Å². The number of nitrogens with one attached hydrogen (secondary N) is 1. The lowest BCUT2D eigenvalue weighted by Crippen LogP contribution is -2.48. The van der Waals surface area contributed by atoms with E-state index in [0.717, 1.165) is 29.2 Å². The third-order valence-corrected chi connectivity index (χ3v) is 3.94. The number of aromatic nitrogens is 2. The summed E-state index contributed by atoms with van der Waals surface area (Å²) in [5.74, 6) is -0.156. The molecule has 3 N–H and O–H groups in total. The molecule has 0 aliphatic carbocycles. The van der Waals surface area contributed by atoms with Gasteiger partial charge < -0.3 is 15.6 Å². The van der Waals surface area contributed by atoms with Gasteiger partial charge in [0.15, 0.2) is 0 Å². The summed E-state index contributed by atoms with van der Waals surface area (Å²) in [6.45, 7) is 7.79. The fraction of sp³-hybridized carbons (Fsp3) is 0.412. The molecule has 1 atom stereocenters. The maximum atomic E-state index is 12.2. The molecule has 0 spiro atoms. The molecule has 0 fully saturated rings. The molecule has 2 rings (SSSR count). The summed E-state index contributed by atoms with van der Waals surface area (Å²) in [5, 5.41) is 2.88. The van der Waals surface area contributed by atoms with E-state index in [1.54, 1.807) is 13.3 Å². The number of carbonyl (C=O) groups excluding carboxylic acids is 1. The molecule has 5 nitrogen and oxygen atoms in total. The summed E-state index contributed by atoms with van der Waals surface area (Å²) >= 11 is 0. The first-order valence-electron chi connectivity index (χ1n) is 7.56. The molecule has 0 saturated heterocycles. The van der Waals surface area contributed by atoms with Gasteiger partial charge in [-0.3, -0.25) is 4.79 Å². The van der Waals surface area contributed by atoms with Crippen LogP contribution >= 0.6 is 0 Å². The third-order valence-electron chi connectivity index (χ3n) is 3.94. The van der Waals surface area contributed by atoms with Crippen molar-refractivity contribution >= 4 is 11.6 Å². The average molecular weight is 300 g/mol. The van der Waals surface area contributed by atoms with E-state index in [9.17, 15) is 4.79 Å². The van der Waals surface area contributed by atoms with Crippen LogP contribution in [-0.2, 0) is 4.79 Å². The zero-order valence-electron chi connectivity index (χ0n) is 13.7. The summed E-state index contributed by atoms with van der Waals surface area (Å²) in [7, 11) is 0. The Morgan fingerprint density at radius 1 is 1.32 bits per heavy atom. The van der Waals surface area contributed by atoms with E-state index in [2.05, 4.69) is 10.3 Å². The molecule has 118 valence electrons. The van der Waals surface area contributed by atoms with Gasteiger partial charge in [-0.25, -0.2) is 4.98 Å². The molecule has 0 radical (unpaired) electrons. The summed E-state index contributed by atoms with van der Waals surface area (Å²) in [6, 6.07) is 7.67. The molecular weight excluding hydrogens is 276 g/mol. The van der Waals surface area contributed by atoms with Gasteiger partial charge in [0.1, 0.15) is 0 Å². The molecule has 0 saturated carbocycles. The highest BCUT2D eigenvalue weighted by Gasteiger charge is 2.27. The molecule has 1 aromatic carbocycles. The number of hydrogen-bond acceptors (Lipinski definition) is 3. The topological polar surface area (TPSA) is 72.9 Å². The molecule has 1 unspecified atom stereocenters. The standard InChI is InChI=1S/C17H24N4O/c1-5-10-17(4,18)16(22)20-14-6-8-15(9-7-14)21-11-19-12(2)13(21)3/h6-9,11H,5,10,18H2,1-4H3,(H,20,22). The lowest BCUT2D eigenvalue weighted by molar-refractivity contribution is -0.120. The van der Waals surface area contributed by atoms with Crippen LogP contribution in [-0.4, -0.2) is 21.0 Å². The second-order valence-electron chi connectivity index (χ2n) is 5.95. The molecule has 5 heteroatoms. The number of aryl methyl sites for hydroxylation is 1. The fourth-order valence-electron chi connectivity index (χ4n) is 2.37. The Balaban J connectivity index is 2.13. The van der Waals surface area contributed by atoms with Gasteiger partial charge >= 0.3 is 0 Å². The summed E-state index contributed by atoms with van der Waals surface area (Å²) in [5.41, 5.74) is 9.07. The minimum atomic E-state index is -0.842. The Hall–Kier alpha value is -2.14. The van der Waals surface area contributed by atoms with Gasteiger partial charge in [-0.1, -0.05) is 13.3 Å². The van der Waals surface area contributed by atoms with Crippen LogP contribution < -0.4 is 11.1 Å². The Labute approximate surface area is 131 Å². The third kappa shape index (κ3) is 3.36. The first kappa shape index (κ1) is 16.2. The van der Waals surface area contributed by atoms with E-state index in [1.165, 1.54) is 0 Å². The number of anilines is 1. The van der Waals surface area contributed by atoms with Crippen LogP contribution in [0.5, 0.6) is 0 Å². The zero-order valence-corrected chi connectivity index (χ0v) is 13.7. The van der Waals surface area contributed by atoms with Gasteiger partial charge in [0.2, 0.25) is 5.91 Å². The fourth-order valence-corrected chi connectivity index (χ4v) is 2.37. The smallest absolute Gasteiger partial charge is 0.244 e. The average Bonchev–Trinajstić information content (AvgIpc) is 2.80. The molecule has 2 aromatic rings. The monoisotopic (exact) mass is 300 g/mol. The van der Waals surface area contributed by atoms with Gasteiger partial charge in [-0.15, -0.1) is 0 Å². The maximum Gasteiger partial charge on any atom is 0.244 e. The van der Waals surface area contributed by atoms with Crippen molar-refractivity contribution in [1.29, 1.82) is 0 Å². The number of rotatable bonds is 5. The first-order valence-corrected chi connectivity index (χ1v) is 7.56. The van der Waals surface area contributed by atoms with Crippen molar-refractivity contribution in [3.05, 3.63) is 42.0 Å². The van der Waals surface area contributed by atoms with E-state index in [1.807, 2.05) is 49.6 Å². The summed E-state index contributed by atoms with van der Waals surface area (Å²) in [4.78, 5) is 16.5. The molecule has 0 aliphatic heterocycles. The van der Waals surface area contributed by atoms with E-state index >= 15 is 0 Å². The van der Waals surface area contributed by atoms with Gasteiger partial charge in [0.25, 0.3) is 0 Å². The van der Waals surface area contributed by atoms with Crippen LogP contribution in [0.1, 0.15) is 38.1 Å². The van der Waals surface area contributed by atoms with Crippen molar-refractivity contribution in [1.82, 2.24) is 9.55 Å². The highest BCUT2D eigenvalue weighted by molar-refractivity contribution is 5.97. The van der Waals surface area contributed by atoms with Crippen molar-refractivity contribution in [2.75, 3.05) is 5.32 Å².